The van der Waals surface area contributed by atoms with Crippen LogP contribution in [0.5, 0.6) is 11.5 Å². The number of anilines is 1. The van der Waals surface area contributed by atoms with Crippen LogP contribution in [0.3, 0.4) is 0 Å². The third-order valence-electron chi connectivity index (χ3n) is 5.65. The summed E-state index contributed by atoms with van der Waals surface area (Å²) in [7, 11) is 0. The third kappa shape index (κ3) is 5.72. The average molecular weight is 567 g/mol. The van der Waals surface area contributed by atoms with Crippen LogP contribution in [0.15, 0.2) is 64.6 Å². The van der Waals surface area contributed by atoms with Crippen molar-refractivity contribution in [2.45, 2.75) is 27.4 Å². The van der Waals surface area contributed by atoms with Crippen LogP contribution in [-0.4, -0.2) is 24.5 Å². The number of nitrogens with one attached hydrogen (secondary N) is 1. The second-order valence-corrected chi connectivity index (χ2v) is 9.28. The van der Waals surface area contributed by atoms with E-state index < -0.39 is 17.8 Å². The molecule has 0 radical (unpaired) electrons. The highest BCUT2D eigenvalue weighted by atomic mass is 79.9. The first-order chi connectivity index (χ1) is 17.7. The lowest BCUT2D eigenvalue weighted by Crippen LogP contribution is -2.54. The van der Waals surface area contributed by atoms with E-state index in [-0.39, 0.29) is 18.0 Å². The Morgan fingerprint density at radius 2 is 1.73 bits per heavy atom. The fourth-order valence-electron chi connectivity index (χ4n) is 3.81. The van der Waals surface area contributed by atoms with Crippen LogP contribution in [0.1, 0.15) is 29.2 Å². The van der Waals surface area contributed by atoms with Gasteiger partial charge in [0, 0.05) is 0 Å². The number of urea groups is 1. The van der Waals surface area contributed by atoms with E-state index in [1.54, 1.807) is 43.3 Å². The molecule has 0 aliphatic carbocycles. The molecule has 0 spiro atoms. The number of carbonyl (C=O) groups is 3. The minimum Gasteiger partial charge on any atom is -0.490 e. The maximum absolute atomic E-state index is 13.3. The fourth-order valence-corrected chi connectivity index (χ4v) is 4.39. The molecule has 1 aliphatic heterocycles. The Kier molecular flexibility index (Phi) is 7.73. The topological polar surface area (TPSA) is 84.9 Å². The Bertz CT molecular complexity index is 1420. The molecule has 1 heterocycles. The zero-order valence-corrected chi connectivity index (χ0v) is 22.0. The van der Waals surface area contributed by atoms with Gasteiger partial charge in [-0.25, -0.2) is 14.1 Å². The second kappa shape index (κ2) is 11.0. The van der Waals surface area contributed by atoms with Crippen molar-refractivity contribution in [2.75, 3.05) is 11.5 Å². The van der Waals surface area contributed by atoms with Crippen molar-refractivity contribution >= 4 is 45.5 Å². The summed E-state index contributed by atoms with van der Waals surface area (Å²) < 4.78 is 25.4. The molecule has 1 saturated heterocycles. The van der Waals surface area contributed by atoms with Crippen LogP contribution in [0.25, 0.3) is 6.08 Å². The highest BCUT2D eigenvalue weighted by Gasteiger charge is 2.37. The minimum absolute atomic E-state index is 0.174. The van der Waals surface area contributed by atoms with Crippen molar-refractivity contribution in [2.24, 2.45) is 0 Å². The monoisotopic (exact) mass is 566 g/mol. The quantitative estimate of drug-likeness (QED) is 0.286. The standard InChI is InChI=1S/C28H24BrFN2O5/c1-4-36-24-14-19(13-22(29)25(24)37-15-18-7-9-20(30)10-8-18)12-21-26(33)31-28(35)32(27(21)34)23-11-16(2)5-6-17(23)3/h5-14H,4,15H2,1-3H3,(H,31,33,35)/b21-12+. The largest absolute Gasteiger partial charge is 0.490 e. The van der Waals surface area contributed by atoms with E-state index in [0.29, 0.717) is 39.4 Å². The van der Waals surface area contributed by atoms with Gasteiger partial charge in [0.1, 0.15) is 18.0 Å². The molecule has 4 amide bonds. The summed E-state index contributed by atoms with van der Waals surface area (Å²) in [6.07, 6.45) is 1.40. The van der Waals surface area contributed by atoms with E-state index in [2.05, 4.69) is 21.2 Å². The number of hydrogen-bond acceptors (Lipinski definition) is 5. The van der Waals surface area contributed by atoms with Crippen molar-refractivity contribution in [1.29, 1.82) is 0 Å². The molecule has 0 aromatic heterocycles. The van der Waals surface area contributed by atoms with Crippen LogP contribution in [0.4, 0.5) is 14.9 Å². The van der Waals surface area contributed by atoms with Gasteiger partial charge in [-0.1, -0.05) is 24.3 Å². The number of hydrogen-bond donors (Lipinski definition) is 1. The van der Waals surface area contributed by atoms with E-state index in [4.69, 9.17) is 9.47 Å². The molecular formula is C28H24BrFN2O5. The van der Waals surface area contributed by atoms with Gasteiger partial charge in [0.2, 0.25) is 0 Å². The number of nitrogens with zero attached hydrogens (tertiary/aromatic N) is 1. The molecular weight excluding hydrogens is 543 g/mol. The van der Waals surface area contributed by atoms with E-state index in [1.165, 1.54) is 18.2 Å². The van der Waals surface area contributed by atoms with Crippen molar-refractivity contribution in [3.8, 4) is 11.5 Å². The van der Waals surface area contributed by atoms with Crippen LogP contribution in [0.2, 0.25) is 0 Å². The first-order valence-electron chi connectivity index (χ1n) is 11.5. The molecule has 7 nitrogen and oxygen atoms in total. The Hall–Kier alpha value is -3.98. The molecule has 9 heteroatoms. The summed E-state index contributed by atoms with van der Waals surface area (Å²) in [4.78, 5) is 39.6. The molecule has 3 aromatic carbocycles. The third-order valence-corrected chi connectivity index (χ3v) is 6.24. The number of rotatable bonds is 7. The van der Waals surface area contributed by atoms with Crippen LogP contribution >= 0.6 is 15.9 Å². The predicted octanol–water partition coefficient (Wildman–Crippen LogP) is 5.85. The first kappa shape index (κ1) is 26.1. The molecule has 1 N–H and O–H groups in total. The lowest BCUT2D eigenvalue weighted by Gasteiger charge is -2.28. The van der Waals surface area contributed by atoms with Crippen molar-refractivity contribution in [3.05, 3.63) is 92.7 Å². The summed E-state index contributed by atoms with van der Waals surface area (Å²) in [6.45, 7) is 5.96. The number of halogens is 2. The normalized spacial score (nSPS) is 14.7. The van der Waals surface area contributed by atoms with Crippen LogP contribution < -0.4 is 19.7 Å². The second-order valence-electron chi connectivity index (χ2n) is 8.43. The number of amides is 4. The van der Waals surface area contributed by atoms with Crippen LogP contribution in [-0.2, 0) is 16.2 Å². The first-order valence-corrected chi connectivity index (χ1v) is 12.3. The van der Waals surface area contributed by atoms with Gasteiger partial charge in [0.15, 0.2) is 11.5 Å². The van der Waals surface area contributed by atoms with Crippen molar-refractivity contribution in [1.82, 2.24) is 5.32 Å². The zero-order valence-electron chi connectivity index (χ0n) is 20.4. The van der Waals surface area contributed by atoms with E-state index in [0.717, 1.165) is 16.0 Å². The highest BCUT2D eigenvalue weighted by molar-refractivity contribution is 9.10. The zero-order chi connectivity index (χ0) is 26.7. The lowest BCUT2D eigenvalue weighted by atomic mass is 10.0. The number of carbonyl (C=O) groups excluding carboxylic acids is 3. The van der Waals surface area contributed by atoms with Gasteiger partial charge in [-0.05, 0) is 95.4 Å². The van der Waals surface area contributed by atoms with Gasteiger partial charge in [0.05, 0.1) is 16.8 Å². The maximum atomic E-state index is 13.3. The molecule has 0 atom stereocenters. The number of imide groups is 2. The molecule has 1 fully saturated rings. The molecule has 37 heavy (non-hydrogen) atoms. The predicted molar refractivity (Wildman–Crippen MR) is 141 cm³/mol. The van der Waals surface area contributed by atoms with E-state index >= 15 is 0 Å². The Labute approximate surface area is 222 Å². The Morgan fingerprint density at radius 3 is 2.43 bits per heavy atom. The number of aryl methyl sites for hydroxylation is 2. The van der Waals surface area contributed by atoms with Gasteiger partial charge < -0.3 is 9.47 Å². The fraction of sp³-hybridized carbons (Fsp3) is 0.179. The van der Waals surface area contributed by atoms with E-state index in [1.807, 2.05) is 19.9 Å². The molecule has 1 aliphatic rings. The molecule has 0 unspecified atom stereocenters. The minimum atomic E-state index is -0.804. The summed E-state index contributed by atoms with van der Waals surface area (Å²) >= 11 is 3.48. The summed E-state index contributed by atoms with van der Waals surface area (Å²) in [5.74, 6) is -1.05. The van der Waals surface area contributed by atoms with Gasteiger partial charge in [-0.2, -0.15) is 0 Å². The van der Waals surface area contributed by atoms with Crippen LogP contribution in [0, 0.1) is 19.7 Å². The Balaban J connectivity index is 1.67. The molecule has 190 valence electrons. The summed E-state index contributed by atoms with van der Waals surface area (Å²) in [5.41, 5.74) is 3.04. The van der Waals surface area contributed by atoms with Crippen molar-refractivity contribution in [3.63, 3.8) is 0 Å². The average Bonchev–Trinajstić information content (AvgIpc) is 2.84. The van der Waals surface area contributed by atoms with E-state index in [9.17, 15) is 18.8 Å². The Morgan fingerprint density at radius 1 is 1.00 bits per heavy atom. The molecule has 0 saturated carbocycles. The van der Waals surface area contributed by atoms with Gasteiger partial charge >= 0.3 is 6.03 Å². The van der Waals surface area contributed by atoms with Gasteiger partial charge in [-0.15, -0.1) is 0 Å². The van der Waals surface area contributed by atoms with Gasteiger partial charge in [0.25, 0.3) is 11.8 Å². The lowest BCUT2D eigenvalue weighted by molar-refractivity contribution is -0.122. The summed E-state index contributed by atoms with van der Waals surface area (Å²) in [6, 6.07) is 13.9. The molecule has 0 bridgehead atoms. The molecule has 3 aromatic rings. The van der Waals surface area contributed by atoms with Gasteiger partial charge in [-0.3, -0.25) is 14.9 Å². The highest BCUT2D eigenvalue weighted by Crippen LogP contribution is 2.38. The number of barbiturate groups is 1. The number of benzene rings is 3. The smallest absolute Gasteiger partial charge is 0.335 e. The maximum Gasteiger partial charge on any atom is 0.335 e. The SMILES string of the molecule is CCOc1cc(/C=C2\C(=O)NC(=O)N(c3cc(C)ccc3C)C2=O)cc(Br)c1OCc1ccc(F)cc1. The summed E-state index contributed by atoms with van der Waals surface area (Å²) in [5, 5.41) is 2.25. The van der Waals surface area contributed by atoms with Crippen molar-refractivity contribution < 1.29 is 28.2 Å². The number of ether oxygens (including phenoxy) is 2. The molecule has 4 rings (SSSR count).